The summed E-state index contributed by atoms with van der Waals surface area (Å²) in [6.45, 7) is 5.37. The van der Waals surface area contributed by atoms with Crippen LogP contribution < -0.4 is 0 Å². The molecule has 0 radical (unpaired) electrons. The average Bonchev–Trinajstić information content (AvgIpc) is 3.29. The topological polar surface area (TPSA) is 58.9 Å². The first-order chi connectivity index (χ1) is 16.0. The first-order valence-electron chi connectivity index (χ1n) is 10.8. The Morgan fingerprint density at radius 3 is 2.36 bits per heavy atom. The predicted octanol–water partition coefficient (Wildman–Crippen LogP) is 4.86. The van der Waals surface area contributed by atoms with Gasteiger partial charge in [-0.25, -0.2) is 8.78 Å². The Bertz CT molecular complexity index is 1070. The van der Waals surface area contributed by atoms with Crippen molar-refractivity contribution < 1.29 is 18.4 Å². The maximum absolute atomic E-state index is 13.8. The molecule has 0 N–H and O–H groups in total. The first kappa shape index (κ1) is 23.4. The van der Waals surface area contributed by atoms with E-state index in [4.69, 9.17) is 4.74 Å². The Kier molecular flexibility index (Phi) is 7.77. The number of nitro groups is 1. The third-order valence-electron chi connectivity index (χ3n) is 5.73. The summed E-state index contributed by atoms with van der Waals surface area (Å²) in [7, 11) is 0. The van der Waals surface area contributed by atoms with E-state index in [-0.39, 0.29) is 9.92 Å². The van der Waals surface area contributed by atoms with Gasteiger partial charge in [0.2, 0.25) is 0 Å². The highest BCUT2D eigenvalue weighted by atomic mass is 32.1. The number of piperazine rings is 1. The number of hydrogen-bond acceptors (Lipinski definition) is 6. The number of halogens is 2. The summed E-state index contributed by atoms with van der Waals surface area (Å²) in [6.07, 6.45) is -0.475. The summed E-state index contributed by atoms with van der Waals surface area (Å²) in [5, 5.41) is 12.9. The molecule has 2 heterocycles. The molecule has 0 spiro atoms. The highest BCUT2D eigenvalue weighted by Gasteiger charge is 2.20. The lowest BCUT2D eigenvalue weighted by molar-refractivity contribution is -0.380. The molecule has 9 heteroatoms. The zero-order valence-corrected chi connectivity index (χ0v) is 18.8. The second-order valence-electron chi connectivity index (χ2n) is 8.00. The van der Waals surface area contributed by atoms with E-state index in [0.717, 1.165) is 61.3 Å². The third kappa shape index (κ3) is 6.20. The molecule has 1 aliphatic rings. The molecule has 174 valence electrons. The molecule has 0 unspecified atom stereocenters. The Morgan fingerprint density at radius 1 is 0.970 bits per heavy atom. The van der Waals surface area contributed by atoms with E-state index in [9.17, 15) is 18.9 Å². The number of benzene rings is 2. The SMILES string of the molecule is O=[N+]([O-])c1cc(CN2CCN(CCO[C@@H](c3ccccc3)c3ccc(F)c(F)c3)CC2)cs1. The summed E-state index contributed by atoms with van der Waals surface area (Å²) in [6, 6.07) is 15.1. The maximum atomic E-state index is 13.8. The maximum Gasteiger partial charge on any atom is 0.324 e. The summed E-state index contributed by atoms with van der Waals surface area (Å²) >= 11 is 1.16. The van der Waals surface area contributed by atoms with E-state index >= 15 is 0 Å². The minimum absolute atomic E-state index is 0.176. The van der Waals surface area contributed by atoms with Crippen molar-refractivity contribution in [3.63, 3.8) is 0 Å². The number of hydrogen-bond donors (Lipinski definition) is 0. The molecule has 0 saturated carbocycles. The molecule has 3 aromatic rings. The molecular formula is C24H25F2N3O3S. The molecule has 6 nitrogen and oxygen atoms in total. The summed E-state index contributed by atoms with van der Waals surface area (Å²) < 4.78 is 33.4. The van der Waals surface area contributed by atoms with Crippen LogP contribution in [0.5, 0.6) is 0 Å². The van der Waals surface area contributed by atoms with Gasteiger partial charge in [-0.2, -0.15) is 0 Å². The van der Waals surface area contributed by atoms with E-state index in [0.29, 0.717) is 18.7 Å². The molecule has 2 aromatic carbocycles. The van der Waals surface area contributed by atoms with Gasteiger partial charge in [0, 0.05) is 50.7 Å². The van der Waals surface area contributed by atoms with Crippen LogP contribution in [0.25, 0.3) is 0 Å². The normalized spacial score (nSPS) is 16.1. The van der Waals surface area contributed by atoms with Crippen LogP contribution in [0.4, 0.5) is 13.8 Å². The van der Waals surface area contributed by atoms with Gasteiger partial charge in [-0.05, 0) is 28.8 Å². The van der Waals surface area contributed by atoms with Crippen LogP contribution in [-0.4, -0.2) is 54.1 Å². The van der Waals surface area contributed by atoms with Gasteiger partial charge in [0.15, 0.2) is 11.6 Å². The Labute approximate surface area is 195 Å². The van der Waals surface area contributed by atoms with Crippen molar-refractivity contribution >= 4 is 16.3 Å². The van der Waals surface area contributed by atoms with Crippen LogP contribution in [0.15, 0.2) is 60.0 Å². The molecular weight excluding hydrogens is 448 g/mol. The molecule has 0 bridgehead atoms. The molecule has 1 saturated heterocycles. The second kappa shape index (κ2) is 10.9. The predicted molar refractivity (Wildman–Crippen MR) is 123 cm³/mol. The largest absolute Gasteiger partial charge is 0.367 e. The fraction of sp³-hybridized carbons (Fsp3) is 0.333. The zero-order chi connectivity index (χ0) is 23.2. The van der Waals surface area contributed by atoms with Crippen molar-refractivity contribution in [2.75, 3.05) is 39.3 Å². The minimum atomic E-state index is -0.885. The summed E-state index contributed by atoms with van der Waals surface area (Å²) in [5.74, 6) is -1.76. The van der Waals surface area contributed by atoms with Gasteiger partial charge in [-0.15, -0.1) is 0 Å². The summed E-state index contributed by atoms with van der Waals surface area (Å²) in [5.41, 5.74) is 2.44. The lowest BCUT2D eigenvalue weighted by atomic mass is 10.0. The lowest BCUT2D eigenvalue weighted by Crippen LogP contribution is -2.46. The van der Waals surface area contributed by atoms with Crippen LogP contribution in [-0.2, 0) is 11.3 Å². The Balaban J connectivity index is 1.29. The van der Waals surface area contributed by atoms with Crippen molar-refractivity contribution in [1.29, 1.82) is 0 Å². The van der Waals surface area contributed by atoms with Crippen molar-refractivity contribution in [1.82, 2.24) is 9.80 Å². The quantitative estimate of drug-likeness (QED) is 0.328. The van der Waals surface area contributed by atoms with Gasteiger partial charge < -0.3 is 4.74 Å². The molecule has 1 fully saturated rings. The highest BCUT2D eigenvalue weighted by molar-refractivity contribution is 7.13. The van der Waals surface area contributed by atoms with Gasteiger partial charge in [0.1, 0.15) is 6.10 Å². The van der Waals surface area contributed by atoms with Crippen LogP contribution in [0.3, 0.4) is 0 Å². The van der Waals surface area contributed by atoms with Crippen LogP contribution >= 0.6 is 11.3 Å². The van der Waals surface area contributed by atoms with Gasteiger partial charge in [-0.3, -0.25) is 19.9 Å². The number of nitrogens with zero attached hydrogens (tertiary/aromatic N) is 3. The van der Waals surface area contributed by atoms with Crippen LogP contribution in [0.1, 0.15) is 22.8 Å². The molecule has 0 aliphatic carbocycles. The van der Waals surface area contributed by atoms with Crippen molar-refractivity contribution in [2.24, 2.45) is 0 Å². The van der Waals surface area contributed by atoms with Gasteiger partial charge in [-0.1, -0.05) is 47.7 Å². The molecule has 1 aliphatic heterocycles. The van der Waals surface area contributed by atoms with E-state index in [1.54, 1.807) is 12.1 Å². The van der Waals surface area contributed by atoms with Gasteiger partial charge >= 0.3 is 5.00 Å². The summed E-state index contributed by atoms with van der Waals surface area (Å²) in [4.78, 5) is 15.1. The van der Waals surface area contributed by atoms with Crippen molar-refractivity contribution in [3.05, 3.63) is 98.4 Å². The second-order valence-corrected chi connectivity index (χ2v) is 8.89. The number of rotatable bonds is 9. The molecule has 4 rings (SSSR count). The lowest BCUT2D eigenvalue weighted by Gasteiger charge is -2.34. The third-order valence-corrected chi connectivity index (χ3v) is 6.66. The fourth-order valence-corrected chi connectivity index (χ4v) is 4.68. The molecule has 1 aromatic heterocycles. The molecule has 33 heavy (non-hydrogen) atoms. The first-order valence-corrected chi connectivity index (χ1v) is 11.7. The van der Waals surface area contributed by atoms with Crippen molar-refractivity contribution in [2.45, 2.75) is 12.6 Å². The molecule has 1 atom stereocenters. The zero-order valence-electron chi connectivity index (χ0n) is 18.0. The minimum Gasteiger partial charge on any atom is -0.367 e. The number of thiophene rings is 1. The Hall–Kier alpha value is -2.72. The van der Waals surface area contributed by atoms with Crippen molar-refractivity contribution in [3.8, 4) is 0 Å². The van der Waals surface area contributed by atoms with E-state index in [1.807, 2.05) is 35.7 Å². The standard InChI is InChI=1S/C24H25F2N3O3S/c25-21-7-6-20(15-22(21)26)24(19-4-2-1-3-5-19)32-13-12-27-8-10-28(11-9-27)16-18-14-23(29(30)31)33-17-18/h1-7,14-15,17,24H,8-13,16H2/t24-/m0/s1. The van der Waals surface area contributed by atoms with Crippen LogP contribution in [0.2, 0.25) is 0 Å². The molecule has 0 amide bonds. The number of ether oxygens (including phenoxy) is 1. The van der Waals surface area contributed by atoms with E-state index in [1.165, 1.54) is 6.07 Å². The monoisotopic (exact) mass is 473 g/mol. The van der Waals surface area contributed by atoms with Crippen LogP contribution in [0, 0.1) is 21.7 Å². The smallest absolute Gasteiger partial charge is 0.324 e. The Morgan fingerprint density at radius 2 is 1.70 bits per heavy atom. The highest BCUT2D eigenvalue weighted by Crippen LogP contribution is 2.27. The average molecular weight is 474 g/mol. The van der Waals surface area contributed by atoms with Gasteiger partial charge in [0.05, 0.1) is 11.5 Å². The van der Waals surface area contributed by atoms with E-state index in [2.05, 4.69) is 9.80 Å². The van der Waals surface area contributed by atoms with E-state index < -0.39 is 17.7 Å². The van der Waals surface area contributed by atoms with Gasteiger partial charge in [0.25, 0.3) is 0 Å². The fourth-order valence-electron chi connectivity index (χ4n) is 3.96.